The molecule has 1 saturated heterocycles. The van der Waals surface area contributed by atoms with E-state index in [-0.39, 0.29) is 23.7 Å². The van der Waals surface area contributed by atoms with Crippen molar-refractivity contribution in [2.75, 3.05) is 18.1 Å². The van der Waals surface area contributed by atoms with Crippen molar-refractivity contribution < 1.29 is 18.7 Å². The van der Waals surface area contributed by atoms with Gasteiger partial charge in [0, 0.05) is 23.6 Å². The first kappa shape index (κ1) is 23.3. The maximum absolute atomic E-state index is 13.4. The third-order valence-electron chi connectivity index (χ3n) is 6.07. The zero-order valence-electron chi connectivity index (χ0n) is 19.1. The third kappa shape index (κ3) is 5.47. The van der Waals surface area contributed by atoms with Crippen LogP contribution in [0.15, 0.2) is 82.6 Å². The zero-order chi connectivity index (χ0) is 24.2. The lowest BCUT2D eigenvalue weighted by Crippen LogP contribution is -2.33. The molecular weight excluding hydrogens is 463 g/mol. The Morgan fingerprint density at radius 1 is 1.09 bits per heavy atom. The van der Waals surface area contributed by atoms with Crippen LogP contribution in [0.1, 0.15) is 34.3 Å². The average Bonchev–Trinajstić information content (AvgIpc) is 3.40. The molecule has 7 heteroatoms. The van der Waals surface area contributed by atoms with Crippen molar-refractivity contribution in [3.05, 3.63) is 100 Å². The highest BCUT2D eigenvalue weighted by Gasteiger charge is 2.29. The number of carbonyl (C=O) groups is 2. The summed E-state index contributed by atoms with van der Waals surface area (Å²) in [6.07, 6.45) is 3.94. The number of ether oxygens (including phenoxy) is 1. The standard InChI is InChI=1S/C28H25FN2O3S/c29-22-13-9-20(10-14-22)18-31-24-5-1-2-6-25(24)35-26(28(31)33)16-19-7-11-21(12-8-19)27(32)30-17-23-4-3-15-34-23/h1-2,5-14,16,23H,3-4,15,17-18H2,(H,30,32)/b26-16-. The Morgan fingerprint density at radius 2 is 1.86 bits per heavy atom. The zero-order valence-corrected chi connectivity index (χ0v) is 19.9. The average molecular weight is 489 g/mol. The summed E-state index contributed by atoms with van der Waals surface area (Å²) in [6, 6.07) is 21.2. The van der Waals surface area contributed by atoms with Crippen molar-refractivity contribution in [3.8, 4) is 0 Å². The minimum Gasteiger partial charge on any atom is -0.376 e. The van der Waals surface area contributed by atoms with Crippen molar-refractivity contribution in [1.82, 2.24) is 5.32 Å². The van der Waals surface area contributed by atoms with Gasteiger partial charge < -0.3 is 15.0 Å². The molecule has 1 N–H and O–H groups in total. The minimum absolute atomic E-state index is 0.0954. The molecule has 0 radical (unpaired) electrons. The second kappa shape index (κ2) is 10.5. The van der Waals surface area contributed by atoms with Crippen molar-refractivity contribution >= 4 is 35.3 Å². The number of carbonyl (C=O) groups excluding carboxylic acids is 2. The molecule has 0 aromatic heterocycles. The van der Waals surface area contributed by atoms with Crippen LogP contribution in [-0.2, 0) is 16.1 Å². The number of amides is 2. The normalized spacial score (nSPS) is 18.5. The van der Waals surface area contributed by atoms with E-state index in [1.165, 1.54) is 23.9 Å². The van der Waals surface area contributed by atoms with Crippen LogP contribution < -0.4 is 10.2 Å². The van der Waals surface area contributed by atoms with Crippen LogP contribution in [0.2, 0.25) is 0 Å². The fraction of sp³-hybridized carbons (Fsp3) is 0.214. The van der Waals surface area contributed by atoms with Gasteiger partial charge in [-0.05, 0) is 66.4 Å². The maximum atomic E-state index is 13.4. The Bertz CT molecular complexity index is 1250. The fourth-order valence-electron chi connectivity index (χ4n) is 4.19. The number of nitrogens with one attached hydrogen (secondary N) is 1. The molecule has 1 fully saturated rings. The third-order valence-corrected chi connectivity index (χ3v) is 7.15. The first-order valence-corrected chi connectivity index (χ1v) is 12.4. The number of rotatable bonds is 6. The van der Waals surface area contributed by atoms with Gasteiger partial charge in [-0.2, -0.15) is 0 Å². The Morgan fingerprint density at radius 3 is 2.60 bits per heavy atom. The van der Waals surface area contributed by atoms with Crippen LogP contribution in [0.5, 0.6) is 0 Å². The summed E-state index contributed by atoms with van der Waals surface area (Å²) in [5.41, 5.74) is 3.08. The molecule has 0 aliphatic carbocycles. The molecule has 178 valence electrons. The van der Waals surface area contributed by atoms with Crippen LogP contribution in [0, 0.1) is 5.82 Å². The van der Waals surface area contributed by atoms with Crippen molar-refractivity contribution in [1.29, 1.82) is 0 Å². The van der Waals surface area contributed by atoms with Gasteiger partial charge in [0.25, 0.3) is 11.8 Å². The summed E-state index contributed by atoms with van der Waals surface area (Å²) in [7, 11) is 0. The summed E-state index contributed by atoms with van der Waals surface area (Å²) in [6.45, 7) is 1.61. The number of hydrogen-bond donors (Lipinski definition) is 1. The highest BCUT2D eigenvalue weighted by atomic mass is 32.2. The number of halogens is 1. The molecule has 0 saturated carbocycles. The quantitative estimate of drug-likeness (QED) is 0.471. The molecule has 1 unspecified atom stereocenters. The van der Waals surface area contributed by atoms with E-state index >= 15 is 0 Å². The number of thioether (sulfide) groups is 1. The lowest BCUT2D eigenvalue weighted by atomic mass is 10.1. The number of benzene rings is 3. The second-order valence-corrected chi connectivity index (χ2v) is 9.65. The predicted octanol–water partition coefficient (Wildman–Crippen LogP) is 5.41. The van der Waals surface area contributed by atoms with E-state index in [0.29, 0.717) is 23.6 Å². The molecule has 2 amide bonds. The molecule has 2 heterocycles. The van der Waals surface area contributed by atoms with Gasteiger partial charge in [0.15, 0.2) is 0 Å². The van der Waals surface area contributed by atoms with Crippen molar-refractivity contribution in [2.45, 2.75) is 30.4 Å². The van der Waals surface area contributed by atoms with Gasteiger partial charge in [0.2, 0.25) is 0 Å². The molecule has 0 bridgehead atoms. The summed E-state index contributed by atoms with van der Waals surface area (Å²) < 4.78 is 18.9. The van der Waals surface area contributed by atoms with Gasteiger partial charge in [0.1, 0.15) is 5.82 Å². The highest BCUT2D eigenvalue weighted by Crippen LogP contribution is 2.42. The molecule has 35 heavy (non-hydrogen) atoms. The summed E-state index contributed by atoms with van der Waals surface area (Å²) in [5.74, 6) is -0.558. The van der Waals surface area contributed by atoms with E-state index in [9.17, 15) is 14.0 Å². The van der Waals surface area contributed by atoms with Crippen LogP contribution in [0.3, 0.4) is 0 Å². The molecule has 3 aromatic rings. The largest absolute Gasteiger partial charge is 0.376 e. The number of fused-ring (bicyclic) bond motifs is 1. The lowest BCUT2D eigenvalue weighted by molar-refractivity contribution is -0.114. The fourth-order valence-corrected chi connectivity index (χ4v) is 5.25. The number of para-hydroxylation sites is 1. The van der Waals surface area contributed by atoms with Gasteiger partial charge in [0.05, 0.1) is 23.2 Å². The Kier molecular flexibility index (Phi) is 6.97. The molecule has 0 spiro atoms. The van der Waals surface area contributed by atoms with Crippen molar-refractivity contribution in [2.24, 2.45) is 0 Å². The first-order chi connectivity index (χ1) is 17.1. The smallest absolute Gasteiger partial charge is 0.265 e. The van der Waals surface area contributed by atoms with E-state index in [1.54, 1.807) is 29.2 Å². The molecular formula is C28H25FN2O3S. The monoisotopic (exact) mass is 488 g/mol. The maximum Gasteiger partial charge on any atom is 0.265 e. The van der Waals surface area contributed by atoms with E-state index in [4.69, 9.17) is 4.74 Å². The lowest BCUT2D eigenvalue weighted by Gasteiger charge is -2.30. The van der Waals surface area contributed by atoms with Gasteiger partial charge >= 0.3 is 0 Å². The topological polar surface area (TPSA) is 58.6 Å². The number of anilines is 1. The molecule has 5 rings (SSSR count). The second-order valence-electron chi connectivity index (χ2n) is 8.56. The van der Waals surface area contributed by atoms with E-state index in [1.807, 2.05) is 42.5 Å². The molecule has 1 atom stereocenters. The van der Waals surface area contributed by atoms with Crippen LogP contribution in [0.4, 0.5) is 10.1 Å². The molecule has 5 nitrogen and oxygen atoms in total. The van der Waals surface area contributed by atoms with Crippen LogP contribution in [0.25, 0.3) is 6.08 Å². The van der Waals surface area contributed by atoms with Gasteiger partial charge in [-0.3, -0.25) is 9.59 Å². The Labute approximate surface area is 208 Å². The van der Waals surface area contributed by atoms with Gasteiger partial charge in [-0.25, -0.2) is 4.39 Å². The van der Waals surface area contributed by atoms with Crippen molar-refractivity contribution in [3.63, 3.8) is 0 Å². The number of hydrogen-bond acceptors (Lipinski definition) is 4. The summed E-state index contributed by atoms with van der Waals surface area (Å²) >= 11 is 1.43. The van der Waals surface area contributed by atoms with Crippen LogP contribution >= 0.6 is 11.8 Å². The summed E-state index contributed by atoms with van der Waals surface area (Å²) in [4.78, 5) is 29.2. The Balaban J connectivity index is 1.33. The van der Waals surface area contributed by atoms with Gasteiger partial charge in [-0.15, -0.1) is 0 Å². The Hall–Kier alpha value is -3.42. The highest BCUT2D eigenvalue weighted by molar-refractivity contribution is 8.04. The SMILES string of the molecule is O=C(NCC1CCCO1)c1ccc(/C=C2\Sc3ccccc3N(Cc3ccc(F)cc3)C2=O)cc1. The molecule has 2 aliphatic heterocycles. The van der Waals surface area contributed by atoms with Crippen LogP contribution in [-0.4, -0.2) is 31.1 Å². The van der Waals surface area contributed by atoms with E-state index < -0.39 is 0 Å². The molecule has 3 aromatic carbocycles. The van der Waals surface area contributed by atoms with E-state index in [0.717, 1.165) is 41.2 Å². The minimum atomic E-state index is -0.306. The predicted molar refractivity (Wildman–Crippen MR) is 136 cm³/mol. The van der Waals surface area contributed by atoms with Gasteiger partial charge in [-0.1, -0.05) is 48.2 Å². The van der Waals surface area contributed by atoms with E-state index in [2.05, 4.69) is 5.32 Å². The number of nitrogens with zero attached hydrogens (tertiary/aromatic N) is 1. The first-order valence-electron chi connectivity index (χ1n) is 11.6. The summed E-state index contributed by atoms with van der Waals surface area (Å²) in [5, 5.41) is 2.92. The molecule has 2 aliphatic rings.